The van der Waals surface area contributed by atoms with Crippen molar-refractivity contribution in [3.05, 3.63) is 47.7 Å². The molecule has 4 aromatic rings. The number of nitrogens with two attached hydrogens (primary N) is 1. The first-order valence-electron chi connectivity index (χ1n) is 11.5. The first-order chi connectivity index (χ1) is 16.1. The first-order valence-corrected chi connectivity index (χ1v) is 11.5. The Hall–Kier alpha value is -3.36. The summed E-state index contributed by atoms with van der Waals surface area (Å²) in [5.74, 6) is 1.73. The zero-order chi connectivity index (χ0) is 24.5. The highest BCUT2D eigenvalue weighted by molar-refractivity contribution is 5.94. The number of nitrogens with zero attached hydrogens (tertiary/aromatic N) is 3. The van der Waals surface area contributed by atoms with E-state index >= 15 is 0 Å². The number of hydrogen-bond acceptors (Lipinski definition) is 7. The lowest BCUT2D eigenvalue weighted by atomic mass is 9.92. The molecule has 0 spiro atoms. The largest absolute Gasteiger partial charge is 0.494 e. The predicted molar refractivity (Wildman–Crippen MR) is 135 cm³/mol. The average molecular weight is 464 g/mol. The number of H-pyrrole nitrogens is 1. The number of aryl methyl sites for hydroxylation is 1. The van der Waals surface area contributed by atoms with Crippen molar-refractivity contribution in [3.8, 4) is 28.3 Å². The van der Waals surface area contributed by atoms with E-state index < -0.39 is 5.60 Å². The van der Waals surface area contributed by atoms with E-state index in [4.69, 9.17) is 15.0 Å². The second-order valence-corrected chi connectivity index (χ2v) is 9.63. The molecule has 4 rings (SSSR count). The molecule has 34 heavy (non-hydrogen) atoms. The predicted octanol–water partition coefficient (Wildman–Crippen LogP) is 4.42. The van der Waals surface area contributed by atoms with E-state index in [2.05, 4.69) is 34.1 Å². The Morgan fingerprint density at radius 3 is 2.56 bits per heavy atom. The number of benzene rings is 1. The van der Waals surface area contributed by atoms with Crippen molar-refractivity contribution in [2.75, 3.05) is 33.0 Å². The molecule has 0 aliphatic rings. The van der Waals surface area contributed by atoms with E-state index in [1.807, 2.05) is 45.0 Å². The van der Waals surface area contributed by atoms with Gasteiger partial charge >= 0.3 is 0 Å². The molecule has 3 heterocycles. The van der Waals surface area contributed by atoms with Crippen LogP contribution in [0.3, 0.4) is 0 Å². The van der Waals surface area contributed by atoms with Crippen LogP contribution in [0.1, 0.15) is 31.4 Å². The van der Waals surface area contributed by atoms with Gasteiger partial charge in [0.2, 0.25) is 0 Å². The van der Waals surface area contributed by atoms with Crippen LogP contribution in [-0.2, 0) is 6.42 Å². The summed E-state index contributed by atoms with van der Waals surface area (Å²) in [6.45, 7) is 7.30. The number of ether oxygens (including phenoxy) is 1. The third kappa shape index (κ3) is 5.24. The van der Waals surface area contributed by atoms with Gasteiger partial charge in [-0.1, -0.05) is 5.16 Å². The molecule has 8 nitrogen and oxygen atoms in total. The Morgan fingerprint density at radius 2 is 1.94 bits per heavy atom. The molecule has 0 radical (unpaired) electrons. The monoisotopic (exact) mass is 463 g/mol. The summed E-state index contributed by atoms with van der Waals surface area (Å²) >= 11 is 0. The molecule has 3 aromatic heterocycles. The van der Waals surface area contributed by atoms with Crippen LogP contribution in [0.4, 0.5) is 5.82 Å². The maximum atomic E-state index is 10.7. The first kappa shape index (κ1) is 23.8. The average Bonchev–Trinajstić information content (AvgIpc) is 3.35. The minimum Gasteiger partial charge on any atom is -0.494 e. The van der Waals surface area contributed by atoms with Gasteiger partial charge in [-0.25, -0.2) is 4.98 Å². The summed E-state index contributed by atoms with van der Waals surface area (Å²) in [6, 6.07) is 9.72. The molecule has 0 atom stereocenters. The minimum absolute atomic E-state index is 0.324. The van der Waals surface area contributed by atoms with Gasteiger partial charge in [-0.3, -0.25) is 0 Å². The highest BCUT2D eigenvalue weighted by Gasteiger charge is 2.24. The lowest BCUT2D eigenvalue weighted by Crippen LogP contribution is -2.22. The van der Waals surface area contributed by atoms with Crippen LogP contribution in [0.15, 0.2) is 41.1 Å². The number of fused-ring (bicyclic) bond motifs is 1. The molecule has 0 aliphatic heterocycles. The summed E-state index contributed by atoms with van der Waals surface area (Å²) in [4.78, 5) is 10.3. The molecule has 0 amide bonds. The van der Waals surface area contributed by atoms with Crippen LogP contribution < -0.4 is 10.5 Å². The maximum absolute atomic E-state index is 10.7. The van der Waals surface area contributed by atoms with Crippen LogP contribution >= 0.6 is 0 Å². The van der Waals surface area contributed by atoms with Gasteiger partial charge in [-0.05, 0) is 82.2 Å². The number of nitrogens with one attached hydrogen (secondary N) is 1. The SMILES string of the molecule is Cc1c(-c2cc(N)no2)cnc2[nH]c(-c3ccc(OCCCN(C)C)cc3)c(CC(C)(C)O)c12. The van der Waals surface area contributed by atoms with Gasteiger partial charge < -0.3 is 30.0 Å². The van der Waals surface area contributed by atoms with Crippen molar-refractivity contribution in [1.82, 2.24) is 20.0 Å². The van der Waals surface area contributed by atoms with Crippen molar-refractivity contribution in [2.45, 2.75) is 39.2 Å². The van der Waals surface area contributed by atoms with Gasteiger partial charge in [-0.2, -0.15) is 0 Å². The second kappa shape index (κ2) is 9.48. The van der Waals surface area contributed by atoms with E-state index in [-0.39, 0.29) is 0 Å². The van der Waals surface area contributed by atoms with Crippen LogP contribution in [0.5, 0.6) is 5.75 Å². The van der Waals surface area contributed by atoms with Crippen LogP contribution in [-0.4, -0.2) is 58.0 Å². The number of hydrogen-bond donors (Lipinski definition) is 3. The van der Waals surface area contributed by atoms with Crippen molar-refractivity contribution in [3.63, 3.8) is 0 Å². The molecular formula is C26H33N5O3. The van der Waals surface area contributed by atoms with E-state index in [1.54, 1.807) is 12.3 Å². The highest BCUT2D eigenvalue weighted by Crippen LogP contribution is 2.38. The fourth-order valence-corrected chi connectivity index (χ4v) is 4.19. The van der Waals surface area contributed by atoms with Gasteiger partial charge in [0.1, 0.15) is 11.4 Å². The fraction of sp³-hybridized carbons (Fsp3) is 0.385. The number of anilines is 1. The van der Waals surface area contributed by atoms with Crippen LogP contribution in [0.2, 0.25) is 0 Å². The van der Waals surface area contributed by atoms with Gasteiger partial charge in [-0.15, -0.1) is 0 Å². The zero-order valence-electron chi connectivity index (χ0n) is 20.5. The lowest BCUT2D eigenvalue weighted by molar-refractivity contribution is 0.0814. The van der Waals surface area contributed by atoms with Crippen molar-refractivity contribution < 1.29 is 14.4 Å². The van der Waals surface area contributed by atoms with Gasteiger partial charge in [0.05, 0.1) is 17.9 Å². The van der Waals surface area contributed by atoms with Gasteiger partial charge in [0, 0.05) is 36.2 Å². The third-order valence-electron chi connectivity index (χ3n) is 5.75. The topological polar surface area (TPSA) is 113 Å². The van der Waals surface area contributed by atoms with Crippen molar-refractivity contribution >= 4 is 16.9 Å². The molecule has 0 fully saturated rings. The fourth-order valence-electron chi connectivity index (χ4n) is 4.19. The number of rotatable bonds is 9. The lowest BCUT2D eigenvalue weighted by Gasteiger charge is -2.18. The Morgan fingerprint density at radius 1 is 1.21 bits per heavy atom. The summed E-state index contributed by atoms with van der Waals surface area (Å²) in [7, 11) is 4.11. The third-order valence-corrected chi connectivity index (χ3v) is 5.75. The van der Waals surface area contributed by atoms with Crippen LogP contribution in [0, 0.1) is 6.92 Å². The molecule has 1 aromatic carbocycles. The second-order valence-electron chi connectivity index (χ2n) is 9.63. The number of aromatic nitrogens is 3. The normalized spacial score (nSPS) is 12.1. The smallest absolute Gasteiger partial charge is 0.170 e. The number of nitrogen functional groups attached to an aromatic ring is 1. The summed E-state index contributed by atoms with van der Waals surface area (Å²) in [5, 5.41) is 15.5. The van der Waals surface area contributed by atoms with Crippen LogP contribution in [0.25, 0.3) is 33.6 Å². The Bertz CT molecular complexity index is 1270. The van der Waals surface area contributed by atoms with Crippen molar-refractivity contribution in [2.24, 2.45) is 0 Å². The molecule has 0 saturated carbocycles. The standard InChI is InChI=1S/C26H33N5O3/c1-16-20(21-13-22(27)30-34-21)15-28-25-23(16)19(14-26(2,3)32)24(29-25)17-7-9-18(10-8-17)33-12-6-11-31(4)5/h7-10,13,15,32H,6,11-12,14H2,1-5H3,(H2,27,30)(H,28,29). The van der Waals surface area contributed by atoms with Crippen molar-refractivity contribution in [1.29, 1.82) is 0 Å². The molecule has 0 bridgehead atoms. The molecule has 0 saturated heterocycles. The molecular weight excluding hydrogens is 430 g/mol. The van der Waals surface area contributed by atoms with E-state index in [1.165, 1.54) is 0 Å². The minimum atomic E-state index is -0.904. The summed E-state index contributed by atoms with van der Waals surface area (Å²) in [6.07, 6.45) is 3.18. The quantitative estimate of drug-likeness (QED) is 0.315. The Kier molecular flexibility index (Phi) is 6.63. The molecule has 8 heteroatoms. The number of pyridine rings is 1. The number of aliphatic hydroxyl groups is 1. The number of aromatic amines is 1. The molecule has 0 aliphatic carbocycles. The summed E-state index contributed by atoms with van der Waals surface area (Å²) < 4.78 is 11.3. The highest BCUT2D eigenvalue weighted by atomic mass is 16.5. The van der Waals surface area contributed by atoms with E-state index in [0.717, 1.165) is 57.7 Å². The summed E-state index contributed by atoms with van der Waals surface area (Å²) in [5.41, 5.74) is 10.4. The molecule has 180 valence electrons. The molecule has 0 unspecified atom stereocenters. The maximum Gasteiger partial charge on any atom is 0.170 e. The Balaban J connectivity index is 1.72. The van der Waals surface area contributed by atoms with E-state index in [9.17, 15) is 5.11 Å². The van der Waals surface area contributed by atoms with Gasteiger partial charge in [0.25, 0.3) is 0 Å². The van der Waals surface area contributed by atoms with E-state index in [0.29, 0.717) is 24.6 Å². The zero-order valence-corrected chi connectivity index (χ0v) is 20.5. The van der Waals surface area contributed by atoms with Gasteiger partial charge in [0.15, 0.2) is 11.6 Å². The molecule has 4 N–H and O–H groups in total. The Labute approximate surface area is 199 Å².